The first-order valence-electron chi connectivity index (χ1n) is 8.56. The van der Waals surface area contributed by atoms with Crippen LogP contribution in [0.1, 0.15) is 27.7 Å². The molecule has 0 radical (unpaired) electrons. The Bertz CT molecular complexity index is 858. The van der Waals surface area contributed by atoms with E-state index in [2.05, 4.69) is 10.6 Å². The van der Waals surface area contributed by atoms with E-state index in [0.717, 1.165) is 23.7 Å². The fourth-order valence-electron chi connectivity index (χ4n) is 2.62. The Morgan fingerprint density at radius 1 is 0.963 bits per heavy atom. The molecule has 0 bridgehead atoms. The van der Waals surface area contributed by atoms with Gasteiger partial charge in [0.15, 0.2) is 0 Å². The number of anilines is 2. The van der Waals surface area contributed by atoms with E-state index < -0.39 is 36.0 Å². The molecule has 0 spiro atoms. The molecular formula is C19H21BF2N2O3. The van der Waals surface area contributed by atoms with Crippen LogP contribution >= 0.6 is 0 Å². The molecule has 1 fully saturated rings. The van der Waals surface area contributed by atoms with Crippen molar-refractivity contribution >= 4 is 30.0 Å². The first-order valence-corrected chi connectivity index (χ1v) is 8.56. The summed E-state index contributed by atoms with van der Waals surface area (Å²) >= 11 is 0. The third-order valence-corrected chi connectivity index (χ3v) is 4.85. The first-order chi connectivity index (χ1) is 12.6. The number of benzene rings is 2. The van der Waals surface area contributed by atoms with Crippen LogP contribution in [0.5, 0.6) is 0 Å². The lowest BCUT2D eigenvalue weighted by Gasteiger charge is -2.32. The van der Waals surface area contributed by atoms with Crippen LogP contribution in [-0.4, -0.2) is 24.4 Å². The predicted molar refractivity (Wildman–Crippen MR) is 101 cm³/mol. The molecule has 1 aliphatic rings. The molecule has 142 valence electrons. The highest BCUT2D eigenvalue weighted by atomic mass is 19.1. The maximum absolute atomic E-state index is 13.6. The van der Waals surface area contributed by atoms with Crippen LogP contribution in [0, 0.1) is 11.6 Å². The lowest BCUT2D eigenvalue weighted by Crippen LogP contribution is -2.41. The highest BCUT2D eigenvalue weighted by Gasteiger charge is 2.51. The number of urea groups is 1. The van der Waals surface area contributed by atoms with Gasteiger partial charge in [0, 0.05) is 11.8 Å². The summed E-state index contributed by atoms with van der Waals surface area (Å²) < 4.78 is 38.8. The highest BCUT2D eigenvalue weighted by Crippen LogP contribution is 2.36. The minimum Gasteiger partial charge on any atom is -0.399 e. The lowest BCUT2D eigenvalue weighted by molar-refractivity contribution is 0.00578. The highest BCUT2D eigenvalue weighted by molar-refractivity contribution is 6.62. The zero-order valence-corrected chi connectivity index (χ0v) is 15.6. The van der Waals surface area contributed by atoms with Crippen LogP contribution in [0.25, 0.3) is 0 Å². The zero-order chi connectivity index (χ0) is 19.8. The molecule has 0 aromatic heterocycles. The van der Waals surface area contributed by atoms with Crippen LogP contribution in [0.15, 0.2) is 42.5 Å². The molecule has 1 heterocycles. The number of halogens is 2. The normalized spacial score (nSPS) is 17.6. The number of hydrogen-bond acceptors (Lipinski definition) is 3. The van der Waals surface area contributed by atoms with Crippen molar-refractivity contribution in [3.05, 3.63) is 54.1 Å². The monoisotopic (exact) mass is 374 g/mol. The van der Waals surface area contributed by atoms with Gasteiger partial charge in [-0.25, -0.2) is 13.6 Å². The second-order valence-electron chi connectivity index (χ2n) is 7.42. The summed E-state index contributed by atoms with van der Waals surface area (Å²) in [5.74, 6) is -1.37. The van der Waals surface area contributed by atoms with E-state index >= 15 is 0 Å². The fourth-order valence-corrected chi connectivity index (χ4v) is 2.62. The maximum atomic E-state index is 13.6. The van der Waals surface area contributed by atoms with Gasteiger partial charge in [-0.2, -0.15) is 0 Å². The summed E-state index contributed by atoms with van der Waals surface area (Å²) in [6, 6.07) is 9.12. The van der Waals surface area contributed by atoms with Gasteiger partial charge in [-0.15, -0.1) is 0 Å². The van der Waals surface area contributed by atoms with Gasteiger partial charge in [-0.1, -0.05) is 12.1 Å². The van der Waals surface area contributed by atoms with Gasteiger partial charge in [-0.05, 0) is 57.4 Å². The molecule has 2 amide bonds. The van der Waals surface area contributed by atoms with E-state index in [-0.39, 0.29) is 5.69 Å². The Morgan fingerprint density at radius 2 is 1.63 bits per heavy atom. The number of hydrogen-bond donors (Lipinski definition) is 2. The SMILES string of the molecule is CC1(C)OB(c2cccc(NC(=O)Nc3cc(F)ccc3F)c2)OC1(C)C. The summed E-state index contributed by atoms with van der Waals surface area (Å²) in [5.41, 5.74) is 0.00958. The molecule has 5 nitrogen and oxygen atoms in total. The first kappa shape index (κ1) is 19.3. The van der Waals surface area contributed by atoms with Crippen molar-refractivity contribution < 1.29 is 22.9 Å². The Morgan fingerprint density at radius 3 is 2.30 bits per heavy atom. The summed E-state index contributed by atoms with van der Waals surface area (Å²) in [6.45, 7) is 7.82. The number of amides is 2. The van der Waals surface area contributed by atoms with Crippen LogP contribution in [0.3, 0.4) is 0 Å². The minimum absolute atomic E-state index is 0.241. The molecule has 2 N–H and O–H groups in total. The van der Waals surface area contributed by atoms with Crippen LogP contribution in [0.2, 0.25) is 0 Å². The Kier molecular flexibility index (Phi) is 4.97. The van der Waals surface area contributed by atoms with Crippen molar-refractivity contribution in [2.75, 3.05) is 10.6 Å². The molecule has 0 atom stereocenters. The van der Waals surface area contributed by atoms with Crippen molar-refractivity contribution in [1.82, 2.24) is 0 Å². The molecule has 1 aliphatic heterocycles. The average molecular weight is 374 g/mol. The number of carbonyl (C=O) groups is 1. The topological polar surface area (TPSA) is 59.6 Å². The van der Waals surface area contributed by atoms with Gasteiger partial charge < -0.3 is 19.9 Å². The number of nitrogens with one attached hydrogen (secondary N) is 2. The van der Waals surface area contributed by atoms with E-state index in [0.29, 0.717) is 5.69 Å². The molecule has 1 saturated heterocycles. The standard InChI is InChI=1S/C19H21BF2N2O3/c1-18(2)19(3,4)27-20(26-18)12-6-5-7-14(10-12)23-17(25)24-16-11-13(21)8-9-15(16)22/h5-11H,1-4H3,(H2,23,24,25). The van der Waals surface area contributed by atoms with Gasteiger partial charge in [0.1, 0.15) is 11.6 Å². The van der Waals surface area contributed by atoms with Gasteiger partial charge in [-0.3, -0.25) is 0 Å². The van der Waals surface area contributed by atoms with E-state index in [9.17, 15) is 13.6 Å². The molecule has 27 heavy (non-hydrogen) atoms. The Hall–Kier alpha value is -2.45. The van der Waals surface area contributed by atoms with Gasteiger partial charge in [0.05, 0.1) is 16.9 Å². The van der Waals surface area contributed by atoms with E-state index in [1.165, 1.54) is 0 Å². The van der Waals surface area contributed by atoms with Gasteiger partial charge in [0.25, 0.3) is 0 Å². The van der Waals surface area contributed by atoms with Crippen LogP contribution in [0.4, 0.5) is 25.0 Å². The molecule has 0 unspecified atom stereocenters. The Labute approximate surface area is 157 Å². The summed E-state index contributed by atoms with van der Waals surface area (Å²) in [6.07, 6.45) is 0. The van der Waals surface area contributed by atoms with Gasteiger partial charge >= 0.3 is 13.1 Å². The second kappa shape index (κ2) is 6.94. The zero-order valence-electron chi connectivity index (χ0n) is 15.6. The summed E-state index contributed by atoms with van der Waals surface area (Å²) in [4.78, 5) is 12.1. The molecule has 3 rings (SSSR count). The molecule has 2 aromatic carbocycles. The van der Waals surface area contributed by atoms with E-state index in [1.807, 2.05) is 33.8 Å². The van der Waals surface area contributed by atoms with Crippen LogP contribution in [-0.2, 0) is 9.31 Å². The van der Waals surface area contributed by atoms with Crippen molar-refractivity contribution in [2.24, 2.45) is 0 Å². The summed E-state index contributed by atoms with van der Waals surface area (Å²) in [7, 11) is -0.569. The second-order valence-corrected chi connectivity index (χ2v) is 7.42. The quantitative estimate of drug-likeness (QED) is 0.801. The molecule has 0 aliphatic carbocycles. The largest absolute Gasteiger partial charge is 0.494 e. The predicted octanol–water partition coefficient (Wildman–Crippen LogP) is 3.91. The third kappa shape index (κ3) is 4.12. The fraction of sp³-hybridized carbons (Fsp3) is 0.316. The van der Waals surface area contributed by atoms with E-state index in [4.69, 9.17) is 9.31 Å². The molecule has 8 heteroatoms. The van der Waals surface area contributed by atoms with Crippen LogP contribution < -0.4 is 16.1 Å². The van der Waals surface area contributed by atoms with Crippen molar-refractivity contribution in [3.63, 3.8) is 0 Å². The Balaban J connectivity index is 1.71. The molecular weight excluding hydrogens is 353 g/mol. The van der Waals surface area contributed by atoms with Gasteiger partial charge in [0.2, 0.25) is 0 Å². The smallest absolute Gasteiger partial charge is 0.399 e. The van der Waals surface area contributed by atoms with Crippen molar-refractivity contribution in [2.45, 2.75) is 38.9 Å². The third-order valence-electron chi connectivity index (χ3n) is 4.85. The molecule has 2 aromatic rings. The van der Waals surface area contributed by atoms with Crippen molar-refractivity contribution in [3.8, 4) is 0 Å². The minimum atomic E-state index is -0.725. The maximum Gasteiger partial charge on any atom is 0.494 e. The lowest BCUT2D eigenvalue weighted by atomic mass is 9.79. The number of carbonyl (C=O) groups excluding carboxylic acids is 1. The van der Waals surface area contributed by atoms with Crippen molar-refractivity contribution in [1.29, 1.82) is 0 Å². The summed E-state index contributed by atoms with van der Waals surface area (Å²) in [5, 5.41) is 4.88. The number of rotatable bonds is 3. The average Bonchev–Trinajstić information content (AvgIpc) is 2.79. The van der Waals surface area contributed by atoms with E-state index in [1.54, 1.807) is 18.2 Å². The molecule has 0 saturated carbocycles.